The Kier molecular flexibility index (Phi) is 3.90. The van der Waals surface area contributed by atoms with Crippen molar-refractivity contribution in [3.8, 4) is 0 Å². The molecule has 0 aliphatic carbocycles. The Balaban J connectivity index is 2.75. The Morgan fingerprint density at radius 1 is 1.62 bits per heavy atom. The summed E-state index contributed by atoms with van der Waals surface area (Å²) < 4.78 is 26.0. The Hall–Kier alpha value is 0.0900. The summed E-state index contributed by atoms with van der Waals surface area (Å²) in [5.74, 6) is 0.0547. The molecule has 0 bridgehead atoms. The van der Waals surface area contributed by atoms with Gasteiger partial charge in [-0.15, -0.1) is 11.3 Å². The van der Waals surface area contributed by atoms with Crippen molar-refractivity contribution in [2.45, 2.75) is 12.7 Å². The number of thiophene rings is 1. The summed E-state index contributed by atoms with van der Waals surface area (Å²) in [5, 5.41) is 1.86. The van der Waals surface area contributed by atoms with Crippen molar-refractivity contribution in [3.63, 3.8) is 0 Å². The van der Waals surface area contributed by atoms with Gasteiger partial charge in [-0.1, -0.05) is 6.92 Å². The van der Waals surface area contributed by atoms with Gasteiger partial charge in [0.25, 0.3) is 0 Å². The van der Waals surface area contributed by atoms with Crippen LogP contribution in [-0.2, 0) is 15.8 Å². The molecule has 3 nitrogen and oxygen atoms in total. The van der Waals surface area contributed by atoms with E-state index in [4.69, 9.17) is 0 Å². The van der Waals surface area contributed by atoms with Gasteiger partial charge < -0.3 is 0 Å². The van der Waals surface area contributed by atoms with Gasteiger partial charge in [0, 0.05) is 15.9 Å². The minimum Gasteiger partial charge on any atom is -0.215 e. The van der Waals surface area contributed by atoms with Crippen LogP contribution in [-0.4, -0.2) is 15.0 Å². The van der Waals surface area contributed by atoms with Crippen molar-refractivity contribution in [1.29, 1.82) is 0 Å². The quantitative estimate of drug-likeness (QED) is 0.918. The molecule has 0 saturated heterocycles. The van der Waals surface area contributed by atoms with Crippen LogP contribution < -0.4 is 4.72 Å². The molecule has 1 aromatic rings. The van der Waals surface area contributed by atoms with Crippen molar-refractivity contribution >= 4 is 37.3 Å². The fourth-order valence-electron chi connectivity index (χ4n) is 0.872. The van der Waals surface area contributed by atoms with Crippen LogP contribution in [0.15, 0.2) is 15.9 Å². The smallest absolute Gasteiger partial charge is 0.215 e. The number of rotatable bonds is 4. The van der Waals surface area contributed by atoms with E-state index in [1.165, 1.54) is 11.3 Å². The van der Waals surface area contributed by atoms with Gasteiger partial charge in [-0.2, -0.15) is 0 Å². The zero-order valence-electron chi connectivity index (χ0n) is 7.08. The lowest BCUT2D eigenvalue weighted by atomic mass is 10.5. The van der Waals surface area contributed by atoms with Gasteiger partial charge in [-0.05, 0) is 27.4 Å². The molecule has 0 aliphatic heterocycles. The third kappa shape index (κ3) is 3.38. The van der Waals surface area contributed by atoms with E-state index < -0.39 is 10.0 Å². The summed E-state index contributed by atoms with van der Waals surface area (Å²) in [5.41, 5.74) is 0. The summed E-state index contributed by atoms with van der Waals surface area (Å²) >= 11 is 4.72. The lowest BCUT2D eigenvalue weighted by molar-refractivity contribution is 0.583. The van der Waals surface area contributed by atoms with Crippen molar-refractivity contribution < 1.29 is 8.42 Å². The molecule has 0 aliphatic rings. The highest BCUT2D eigenvalue weighted by Gasteiger charge is 2.12. The van der Waals surface area contributed by atoms with Crippen molar-refractivity contribution in [2.24, 2.45) is 0 Å². The van der Waals surface area contributed by atoms with E-state index in [0.717, 1.165) is 9.35 Å². The number of hydrogen-bond acceptors (Lipinski definition) is 3. The molecule has 6 heteroatoms. The van der Waals surface area contributed by atoms with E-state index in [9.17, 15) is 8.42 Å². The summed E-state index contributed by atoms with van der Waals surface area (Å²) in [6.07, 6.45) is 0. The predicted molar refractivity (Wildman–Crippen MR) is 58.3 cm³/mol. The topological polar surface area (TPSA) is 46.2 Å². The minimum atomic E-state index is -3.15. The van der Waals surface area contributed by atoms with E-state index in [0.29, 0.717) is 6.54 Å². The summed E-state index contributed by atoms with van der Waals surface area (Å²) in [6, 6.07) is 1.85. The first-order chi connectivity index (χ1) is 6.05. The molecular weight excluding hydrogens is 274 g/mol. The van der Waals surface area contributed by atoms with Gasteiger partial charge in [-0.3, -0.25) is 0 Å². The highest BCUT2D eigenvalue weighted by molar-refractivity contribution is 9.10. The molecule has 1 N–H and O–H groups in total. The van der Waals surface area contributed by atoms with Gasteiger partial charge in [-0.25, -0.2) is 13.1 Å². The Morgan fingerprint density at radius 3 is 2.77 bits per heavy atom. The van der Waals surface area contributed by atoms with E-state index in [1.54, 1.807) is 6.92 Å². The molecule has 0 unspecified atom stereocenters. The molecule has 0 fully saturated rings. The lowest BCUT2D eigenvalue weighted by Crippen LogP contribution is -2.24. The van der Waals surface area contributed by atoms with Crippen molar-refractivity contribution in [3.05, 3.63) is 20.8 Å². The second-order valence-electron chi connectivity index (χ2n) is 2.45. The standard InChI is InChI=1S/C7H10BrNO2S2/c1-2-9-13(10,11)5-7-6(8)3-4-12-7/h3-4,9H,2,5H2,1H3. The first-order valence-corrected chi connectivity index (χ1v) is 7.07. The zero-order chi connectivity index (χ0) is 9.90. The third-order valence-corrected chi connectivity index (χ3v) is 4.88. The minimum absolute atomic E-state index is 0.0547. The maximum absolute atomic E-state index is 11.3. The zero-order valence-corrected chi connectivity index (χ0v) is 10.3. The van der Waals surface area contributed by atoms with Crippen LogP contribution in [0.1, 0.15) is 11.8 Å². The molecule has 13 heavy (non-hydrogen) atoms. The van der Waals surface area contributed by atoms with E-state index >= 15 is 0 Å². The molecule has 74 valence electrons. The third-order valence-electron chi connectivity index (χ3n) is 1.38. The van der Waals surface area contributed by atoms with Crippen LogP contribution in [0.3, 0.4) is 0 Å². The summed E-state index contributed by atoms with van der Waals surface area (Å²) in [6.45, 7) is 2.20. The van der Waals surface area contributed by atoms with Crippen molar-refractivity contribution in [2.75, 3.05) is 6.54 Å². The monoisotopic (exact) mass is 283 g/mol. The second-order valence-corrected chi connectivity index (χ2v) is 6.11. The molecule has 0 amide bonds. The summed E-state index contributed by atoms with van der Waals surface area (Å²) in [7, 11) is -3.15. The fraction of sp³-hybridized carbons (Fsp3) is 0.429. The van der Waals surface area contributed by atoms with Gasteiger partial charge >= 0.3 is 0 Å². The fourth-order valence-corrected chi connectivity index (χ4v) is 4.11. The average Bonchev–Trinajstić information content (AvgIpc) is 2.35. The molecule has 0 radical (unpaired) electrons. The maximum atomic E-state index is 11.3. The van der Waals surface area contributed by atoms with E-state index in [2.05, 4.69) is 20.7 Å². The van der Waals surface area contributed by atoms with Crippen LogP contribution >= 0.6 is 27.3 Å². The SMILES string of the molecule is CCNS(=O)(=O)Cc1sccc1Br. The molecule has 1 rings (SSSR count). The molecule has 0 spiro atoms. The van der Waals surface area contributed by atoms with Crippen LogP contribution in [0.4, 0.5) is 0 Å². The first-order valence-electron chi connectivity index (χ1n) is 3.74. The van der Waals surface area contributed by atoms with Gasteiger partial charge in [0.2, 0.25) is 10.0 Å². The number of halogens is 1. The molecule has 0 aromatic carbocycles. The Morgan fingerprint density at radius 2 is 2.31 bits per heavy atom. The Labute approximate surface area is 90.3 Å². The van der Waals surface area contributed by atoms with E-state index in [-0.39, 0.29) is 5.75 Å². The molecule has 1 heterocycles. The van der Waals surface area contributed by atoms with Crippen LogP contribution in [0.5, 0.6) is 0 Å². The Bertz CT molecular complexity index is 372. The maximum Gasteiger partial charge on any atom is 0.216 e. The number of nitrogens with one attached hydrogen (secondary N) is 1. The first kappa shape index (κ1) is 11.2. The highest BCUT2D eigenvalue weighted by atomic mass is 79.9. The molecule has 0 saturated carbocycles. The average molecular weight is 284 g/mol. The van der Waals surface area contributed by atoms with Crippen molar-refractivity contribution in [1.82, 2.24) is 4.72 Å². The van der Waals surface area contributed by atoms with Crippen LogP contribution in [0, 0.1) is 0 Å². The normalized spacial score (nSPS) is 11.8. The molecular formula is C7H10BrNO2S2. The highest BCUT2D eigenvalue weighted by Crippen LogP contribution is 2.24. The largest absolute Gasteiger partial charge is 0.216 e. The number of hydrogen-bond donors (Lipinski definition) is 1. The van der Waals surface area contributed by atoms with Gasteiger partial charge in [0.15, 0.2) is 0 Å². The van der Waals surface area contributed by atoms with Gasteiger partial charge in [0.05, 0.1) is 5.75 Å². The van der Waals surface area contributed by atoms with E-state index in [1.807, 2.05) is 11.4 Å². The second kappa shape index (κ2) is 4.54. The van der Waals surface area contributed by atoms with Crippen LogP contribution in [0.2, 0.25) is 0 Å². The summed E-state index contributed by atoms with van der Waals surface area (Å²) in [4.78, 5) is 0.834. The molecule has 1 aromatic heterocycles. The van der Waals surface area contributed by atoms with Crippen LogP contribution in [0.25, 0.3) is 0 Å². The molecule has 0 atom stereocenters. The lowest BCUT2D eigenvalue weighted by Gasteiger charge is -2.02. The van der Waals surface area contributed by atoms with Gasteiger partial charge in [0.1, 0.15) is 0 Å². The predicted octanol–water partition coefficient (Wildman–Crippen LogP) is 1.95. The number of sulfonamides is 1.